The Kier molecular flexibility index (Phi) is 4.94. The van der Waals surface area contributed by atoms with Crippen molar-refractivity contribution in [2.75, 3.05) is 13.2 Å². The molecule has 10 heavy (non-hydrogen) atoms. The minimum atomic E-state index is -0.0353. The van der Waals surface area contributed by atoms with Gasteiger partial charge in [0.25, 0.3) is 0 Å². The number of aliphatic hydroxyl groups excluding tert-OH is 1. The van der Waals surface area contributed by atoms with Crippen LogP contribution in [0.5, 0.6) is 0 Å². The smallest absolute Gasteiger partial charge is 0.216 e. The molecular weight excluding hydrogens is 130 g/mol. The molecule has 0 heterocycles. The van der Waals surface area contributed by atoms with Gasteiger partial charge in [-0.15, -0.1) is 0 Å². The Balaban J connectivity index is 3.34. The van der Waals surface area contributed by atoms with Crippen molar-refractivity contribution < 1.29 is 9.90 Å². The Hall–Kier alpha value is -0.570. The van der Waals surface area contributed by atoms with Crippen molar-refractivity contribution in [3.63, 3.8) is 0 Å². The first-order valence-corrected chi connectivity index (χ1v) is 3.56. The van der Waals surface area contributed by atoms with Gasteiger partial charge in [0.2, 0.25) is 5.91 Å². The molecule has 1 atom stereocenters. The second-order valence-electron chi connectivity index (χ2n) is 2.39. The third-order valence-corrected chi connectivity index (χ3v) is 1.48. The van der Waals surface area contributed by atoms with Gasteiger partial charge in [-0.25, -0.2) is 0 Å². The fraction of sp³-hybridized carbons (Fsp3) is 0.857. The molecule has 0 rings (SSSR count). The Morgan fingerprint density at radius 1 is 1.70 bits per heavy atom. The van der Waals surface area contributed by atoms with E-state index in [0.717, 1.165) is 6.42 Å². The molecule has 0 radical (unpaired) electrons. The van der Waals surface area contributed by atoms with E-state index in [1.807, 2.05) is 6.92 Å². The molecule has 60 valence electrons. The summed E-state index contributed by atoms with van der Waals surface area (Å²) in [6.45, 7) is 4.20. The molecule has 0 saturated carbocycles. The van der Waals surface area contributed by atoms with Crippen LogP contribution in [0.2, 0.25) is 0 Å². The van der Waals surface area contributed by atoms with E-state index in [0.29, 0.717) is 6.54 Å². The van der Waals surface area contributed by atoms with Gasteiger partial charge >= 0.3 is 0 Å². The Morgan fingerprint density at radius 3 is 2.60 bits per heavy atom. The van der Waals surface area contributed by atoms with Gasteiger partial charge in [0.15, 0.2) is 0 Å². The lowest BCUT2D eigenvalue weighted by Crippen LogP contribution is -2.28. The molecule has 0 aromatic carbocycles. The van der Waals surface area contributed by atoms with E-state index in [1.54, 1.807) is 0 Å². The molecule has 0 aromatic heterocycles. The molecule has 0 aliphatic heterocycles. The van der Waals surface area contributed by atoms with Gasteiger partial charge in [-0.1, -0.05) is 6.92 Å². The molecule has 0 fully saturated rings. The molecule has 0 bridgehead atoms. The van der Waals surface area contributed by atoms with Crippen LogP contribution in [0.4, 0.5) is 0 Å². The Morgan fingerprint density at radius 2 is 2.30 bits per heavy atom. The van der Waals surface area contributed by atoms with E-state index in [2.05, 4.69) is 5.32 Å². The molecule has 0 aromatic rings. The van der Waals surface area contributed by atoms with Crippen molar-refractivity contribution in [1.82, 2.24) is 5.32 Å². The van der Waals surface area contributed by atoms with Crippen molar-refractivity contribution in [2.24, 2.45) is 5.92 Å². The van der Waals surface area contributed by atoms with Crippen LogP contribution >= 0.6 is 0 Å². The molecule has 0 spiro atoms. The van der Waals surface area contributed by atoms with Gasteiger partial charge in [0, 0.05) is 20.1 Å². The number of rotatable bonds is 4. The average molecular weight is 145 g/mol. The quantitative estimate of drug-likeness (QED) is 0.591. The first-order chi connectivity index (χ1) is 4.70. The normalized spacial score (nSPS) is 12.7. The monoisotopic (exact) mass is 145 g/mol. The van der Waals surface area contributed by atoms with Gasteiger partial charge in [-0.3, -0.25) is 4.79 Å². The molecule has 3 heteroatoms. The maximum Gasteiger partial charge on any atom is 0.216 e. The summed E-state index contributed by atoms with van der Waals surface area (Å²) in [5.41, 5.74) is 0. The lowest BCUT2D eigenvalue weighted by Gasteiger charge is -2.10. The van der Waals surface area contributed by atoms with Gasteiger partial charge in [0.1, 0.15) is 0 Å². The third-order valence-electron chi connectivity index (χ3n) is 1.48. The highest BCUT2D eigenvalue weighted by atomic mass is 16.3. The summed E-state index contributed by atoms with van der Waals surface area (Å²) >= 11 is 0. The highest BCUT2D eigenvalue weighted by molar-refractivity contribution is 5.72. The summed E-state index contributed by atoms with van der Waals surface area (Å²) in [5.74, 6) is 0.177. The molecule has 2 N–H and O–H groups in total. The number of carbonyl (C=O) groups is 1. The molecule has 1 amide bonds. The summed E-state index contributed by atoms with van der Waals surface area (Å²) in [6, 6.07) is 0. The van der Waals surface area contributed by atoms with Crippen LogP contribution in [0.25, 0.3) is 0 Å². The highest BCUT2D eigenvalue weighted by Crippen LogP contribution is 1.97. The zero-order valence-electron chi connectivity index (χ0n) is 6.55. The topological polar surface area (TPSA) is 49.3 Å². The molecule has 0 saturated heterocycles. The first-order valence-electron chi connectivity index (χ1n) is 3.56. The van der Waals surface area contributed by atoms with E-state index in [9.17, 15) is 4.79 Å². The van der Waals surface area contributed by atoms with Crippen LogP contribution in [-0.4, -0.2) is 24.2 Å². The molecular formula is C7H15NO2. The van der Waals surface area contributed by atoms with E-state index in [4.69, 9.17) is 5.11 Å². The van der Waals surface area contributed by atoms with E-state index >= 15 is 0 Å². The third kappa shape index (κ3) is 4.32. The van der Waals surface area contributed by atoms with E-state index < -0.39 is 0 Å². The largest absolute Gasteiger partial charge is 0.396 e. The second kappa shape index (κ2) is 5.23. The molecule has 0 aliphatic carbocycles. The van der Waals surface area contributed by atoms with Crippen LogP contribution in [0.15, 0.2) is 0 Å². The van der Waals surface area contributed by atoms with Crippen molar-refractivity contribution in [3.8, 4) is 0 Å². The second-order valence-corrected chi connectivity index (χ2v) is 2.39. The Labute approximate surface area is 61.4 Å². The van der Waals surface area contributed by atoms with E-state index in [1.165, 1.54) is 6.92 Å². The van der Waals surface area contributed by atoms with Crippen molar-refractivity contribution >= 4 is 5.91 Å². The summed E-state index contributed by atoms with van der Waals surface area (Å²) in [4.78, 5) is 10.4. The maximum atomic E-state index is 10.4. The predicted octanol–water partition coefficient (Wildman–Crippen LogP) is 0.141. The highest BCUT2D eigenvalue weighted by Gasteiger charge is 2.03. The number of carbonyl (C=O) groups excluding carboxylic acids is 1. The van der Waals surface area contributed by atoms with Crippen LogP contribution < -0.4 is 5.32 Å². The summed E-state index contributed by atoms with van der Waals surface area (Å²) < 4.78 is 0. The zero-order chi connectivity index (χ0) is 7.98. The van der Waals surface area contributed by atoms with E-state index in [-0.39, 0.29) is 18.4 Å². The number of hydrogen-bond acceptors (Lipinski definition) is 2. The van der Waals surface area contributed by atoms with Crippen molar-refractivity contribution in [2.45, 2.75) is 20.3 Å². The fourth-order valence-corrected chi connectivity index (χ4v) is 0.626. The lowest BCUT2D eigenvalue weighted by molar-refractivity contribution is -0.119. The number of nitrogens with one attached hydrogen (secondary N) is 1. The van der Waals surface area contributed by atoms with Gasteiger partial charge < -0.3 is 10.4 Å². The zero-order valence-corrected chi connectivity index (χ0v) is 6.55. The minimum Gasteiger partial charge on any atom is -0.396 e. The van der Waals surface area contributed by atoms with Crippen molar-refractivity contribution in [3.05, 3.63) is 0 Å². The summed E-state index contributed by atoms with van der Waals surface area (Å²) in [7, 11) is 0. The maximum absolute atomic E-state index is 10.4. The number of amides is 1. The SMILES string of the molecule is CC[C@@H](CO)CNC(C)=O. The summed E-state index contributed by atoms with van der Waals surface area (Å²) in [5, 5.41) is 11.3. The van der Waals surface area contributed by atoms with Crippen LogP contribution in [0, 0.1) is 5.92 Å². The molecule has 3 nitrogen and oxygen atoms in total. The minimum absolute atomic E-state index is 0.0353. The lowest BCUT2D eigenvalue weighted by atomic mass is 10.1. The molecule has 0 unspecified atom stereocenters. The average Bonchev–Trinajstić information content (AvgIpc) is 1.90. The fourth-order valence-electron chi connectivity index (χ4n) is 0.626. The van der Waals surface area contributed by atoms with Crippen LogP contribution in [0.1, 0.15) is 20.3 Å². The van der Waals surface area contributed by atoms with Crippen LogP contribution in [0.3, 0.4) is 0 Å². The Bertz CT molecular complexity index is 99.8. The van der Waals surface area contributed by atoms with Gasteiger partial charge in [-0.2, -0.15) is 0 Å². The number of hydrogen-bond donors (Lipinski definition) is 2. The van der Waals surface area contributed by atoms with Gasteiger partial charge in [-0.05, 0) is 12.3 Å². The number of aliphatic hydroxyl groups is 1. The van der Waals surface area contributed by atoms with Crippen LogP contribution in [-0.2, 0) is 4.79 Å². The summed E-state index contributed by atoms with van der Waals surface area (Å²) in [6.07, 6.45) is 0.900. The predicted molar refractivity (Wildman–Crippen MR) is 39.6 cm³/mol. The van der Waals surface area contributed by atoms with Crippen molar-refractivity contribution in [1.29, 1.82) is 0 Å². The first kappa shape index (κ1) is 9.43. The van der Waals surface area contributed by atoms with Gasteiger partial charge in [0.05, 0.1) is 0 Å². The standard InChI is InChI=1S/C7H15NO2/c1-3-7(5-9)4-8-6(2)10/h7,9H,3-5H2,1-2H3,(H,8,10)/t7-/m1/s1. The molecule has 0 aliphatic rings.